The highest BCUT2D eigenvalue weighted by molar-refractivity contribution is 5.12. The molecule has 3 saturated carbocycles. The van der Waals surface area contributed by atoms with Gasteiger partial charge < -0.3 is 5.73 Å². The lowest BCUT2D eigenvalue weighted by Crippen LogP contribution is -2.60. The Labute approximate surface area is 100 Å². The molecule has 4 atom stereocenters. The highest BCUT2D eigenvalue weighted by atomic mass is 14.8. The van der Waals surface area contributed by atoms with E-state index >= 15 is 0 Å². The van der Waals surface area contributed by atoms with E-state index in [1.165, 1.54) is 44.9 Å². The number of fused-ring (bicyclic) bond motifs is 4. The van der Waals surface area contributed by atoms with Gasteiger partial charge in [-0.1, -0.05) is 27.2 Å². The highest BCUT2D eigenvalue weighted by Crippen LogP contribution is 2.63. The van der Waals surface area contributed by atoms with Gasteiger partial charge in [0.25, 0.3) is 0 Å². The van der Waals surface area contributed by atoms with Crippen molar-refractivity contribution in [2.75, 3.05) is 0 Å². The molecular weight excluding hydrogens is 194 g/mol. The molecule has 1 nitrogen and oxygen atoms in total. The summed E-state index contributed by atoms with van der Waals surface area (Å²) >= 11 is 0. The van der Waals surface area contributed by atoms with Gasteiger partial charge in [-0.3, -0.25) is 0 Å². The van der Waals surface area contributed by atoms with Gasteiger partial charge in [0.05, 0.1) is 0 Å². The fraction of sp³-hybridized carbons (Fsp3) is 1.00. The van der Waals surface area contributed by atoms with E-state index in [-0.39, 0.29) is 5.54 Å². The quantitative estimate of drug-likeness (QED) is 0.663. The molecule has 0 aromatic rings. The van der Waals surface area contributed by atoms with Gasteiger partial charge in [0.15, 0.2) is 0 Å². The third-order valence-corrected chi connectivity index (χ3v) is 6.21. The summed E-state index contributed by atoms with van der Waals surface area (Å²) in [6.07, 6.45) is 9.63. The molecular formula is C15H27N. The summed E-state index contributed by atoms with van der Waals surface area (Å²) in [7, 11) is 0. The first-order chi connectivity index (χ1) is 7.35. The Morgan fingerprint density at radius 1 is 1.00 bits per heavy atom. The number of hydrogen-bond acceptors (Lipinski definition) is 1. The molecule has 3 rings (SSSR count). The van der Waals surface area contributed by atoms with Crippen molar-refractivity contribution >= 4 is 0 Å². The molecule has 0 unspecified atom stereocenters. The maximum atomic E-state index is 6.79. The van der Waals surface area contributed by atoms with Crippen LogP contribution in [0.25, 0.3) is 0 Å². The van der Waals surface area contributed by atoms with E-state index in [0.717, 1.165) is 11.8 Å². The van der Waals surface area contributed by atoms with Crippen LogP contribution in [0.15, 0.2) is 0 Å². The van der Waals surface area contributed by atoms with Gasteiger partial charge in [-0.05, 0) is 61.2 Å². The molecule has 0 aliphatic heterocycles. The normalized spacial score (nSPS) is 54.8. The largest absolute Gasteiger partial charge is 0.325 e. The summed E-state index contributed by atoms with van der Waals surface area (Å²) in [6.45, 7) is 7.40. The van der Waals surface area contributed by atoms with E-state index < -0.39 is 0 Å². The summed E-state index contributed by atoms with van der Waals surface area (Å²) in [6, 6.07) is 0. The van der Waals surface area contributed by atoms with E-state index in [2.05, 4.69) is 20.8 Å². The summed E-state index contributed by atoms with van der Waals surface area (Å²) in [5.41, 5.74) is 8.13. The molecule has 0 heterocycles. The molecule has 0 spiro atoms. The predicted octanol–water partition coefficient (Wildman–Crippen LogP) is 3.72. The zero-order valence-corrected chi connectivity index (χ0v) is 11.2. The Balaban J connectivity index is 1.92. The van der Waals surface area contributed by atoms with E-state index in [9.17, 15) is 0 Å². The zero-order valence-electron chi connectivity index (χ0n) is 11.2. The average Bonchev–Trinajstić information content (AvgIpc) is 2.19. The third-order valence-electron chi connectivity index (χ3n) is 6.21. The van der Waals surface area contributed by atoms with E-state index in [1.807, 2.05) is 0 Å². The Bertz CT molecular complexity index is 309. The predicted molar refractivity (Wildman–Crippen MR) is 68.1 cm³/mol. The van der Waals surface area contributed by atoms with Crippen molar-refractivity contribution < 1.29 is 0 Å². The van der Waals surface area contributed by atoms with Crippen molar-refractivity contribution in [3.05, 3.63) is 0 Å². The van der Waals surface area contributed by atoms with Crippen LogP contribution in [0.5, 0.6) is 0 Å². The van der Waals surface area contributed by atoms with Crippen molar-refractivity contribution in [1.29, 1.82) is 0 Å². The zero-order chi connectivity index (χ0) is 11.6. The molecule has 92 valence electrons. The van der Waals surface area contributed by atoms with Crippen LogP contribution in [-0.4, -0.2) is 5.54 Å². The standard InChI is InChI=1S/C15H27N/c1-13(2)9-12-11(13)5-8-14(3)6-4-7-15(12,16)10-14/h11-12H,4-10,16H2,1-3H3/t11-,12+,14-,15+/m1/s1. The third kappa shape index (κ3) is 1.40. The SMILES string of the molecule is CC1(C)C[C@H]2[C@H]1CC[C@@]1(C)CCC[C@]2(N)C1. The maximum absolute atomic E-state index is 6.79. The monoisotopic (exact) mass is 221 g/mol. The fourth-order valence-electron chi connectivity index (χ4n) is 5.29. The molecule has 0 aromatic heterocycles. The molecule has 2 N–H and O–H groups in total. The number of rotatable bonds is 0. The Kier molecular flexibility index (Phi) is 2.11. The van der Waals surface area contributed by atoms with Crippen LogP contribution in [0.1, 0.15) is 65.7 Å². The first kappa shape index (κ1) is 11.1. The fourth-order valence-corrected chi connectivity index (χ4v) is 5.29. The second-order valence-electron chi connectivity index (χ2n) is 8.02. The average molecular weight is 221 g/mol. The van der Waals surface area contributed by atoms with Gasteiger partial charge in [-0.2, -0.15) is 0 Å². The molecule has 0 amide bonds. The molecule has 1 heteroatoms. The minimum atomic E-state index is 0.198. The van der Waals surface area contributed by atoms with E-state index in [0.29, 0.717) is 10.8 Å². The van der Waals surface area contributed by atoms with Crippen LogP contribution < -0.4 is 5.73 Å². The van der Waals surface area contributed by atoms with Crippen molar-refractivity contribution in [3.63, 3.8) is 0 Å². The highest BCUT2D eigenvalue weighted by Gasteiger charge is 2.59. The summed E-state index contributed by atoms with van der Waals surface area (Å²) in [5, 5.41) is 0. The second kappa shape index (κ2) is 3.04. The molecule has 0 aromatic carbocycles. The smallest absolute Gasteiger partial charge is 0.0191 e. The molecule has 2 bridgehead atoms. The first-order valence-corrected chi connectivity index (χ1v) is 7.14. The van der Waals surface area contributed by atoms with Gasteiger partial charge in [0.1, 0.15) is 0 Å². The topological polar surface area (TPSA) is 26.0 Å². The molecule has 3 aliphatic carbocycles. The van der Waals surface area contributed by atoms with E-state index in [1.54, 1.807) is 0 Å². The Morgan fingerprint density at radius 3 is 2.44 bits per heavy atom. The maximum Gasteiger partial charge on any atom is 0.0191 e. The minimum absolute atomic E-state index is 0.198. The molecule has 0 radical (unpaired) electrons. The second-order valence-corrected chi connectivity index (χ2v) is 8.02. The van der Waals surface area contributed by atoms with Crippen molar-refractivity contribution in [1.82, 2.24) is 0 Å². The van der Waals surface area contributed by atoms with Gasteiger partial charge in [-0.25, -0.2) is 0 Å². The summed E-state index contributed by atoms with van der Waals surface area (Å²) < 4.78 is 0. The van der Waals surface area contributed by atoms with E-state index in [4.69, 9.17) is 5.73 Å². The van der Waals surface area contributed by atoms with Crippen molar-refractivity contribution in [2.24, 2.45) is 28.4 Å². The molecule has 3 aliphatic rings. The summed E-state index contributed by atoms with van der Waals surface area (Å²) in [4.78, 5) is 0. The molecule has 0 saturated heterocycles. The van der Waals surface area contributed by atoms with Crippen LogP contribution in [0.2, 0.25) is 0 Å². The number of hydrogen-bond donors (Lipinski definition) is 1. The van der Waals surface area contributed by atoms with Crippen LogP contribution in [0.4, 0.5) is 0 Å². The van der Waals surface area contributed by atoms with Crippen molar-refractivity contribution in [2.45, 2.75) is 71.3 Å². The lowest BCUT2D eigenvalue weighted by Gasteiger charge is -2.58. The lowest BCUT2D eigenvalue weighted by molar-refractivity contribution is -0.0634. The van der Waals surface area contributed by atoms with Crippen molar-refractivity contribution in [3.8, 4) is 0 Å². The minimum Gasteiger partial charge on any atom is -0.325 e. The lowest BCUT2D eigenvalue weighted by atomic mass is 9.48. The Morgan fingerprint density at radius 2 is 1.75 bits per heavy atom. The van der Waals surface area contributed by atoms with Gasteiger partial charge >= 0.3 is 0 Å². The molecule has 16 heavy (non-hydrogen) atoms. The number of nitrogens with two attached hydrogens (primary N) is 1. The summed E-state index contributed by atoms with van der Waals surface area (Å²) in [5.74, 6) is 1.75. The van der Waals surface area contributed by atoms with Crippen LogP contribution in [-0.2, 0) is 0 Å². The Hall–Kier alpha value is -0.0400. The van der Waals surface area contributed by atoms with Crippen LogP contribution in [0, 0.1) is 22.7 Å². The van der Waals surface area contributed by atoms with Crippen LogP contribution in [0.3, 0.4) is 0 Å². The van der Waals surface area contributed by atoms with Gasteiger partial charge in [-0.15, -0.1) is 0 Å². The van der Waals surface area contributed by atoms with Gasteiger partial charge in [0, 0.05) is 5.54 Å². The molecule has 3 fully saturated rings. The van der Waals surface area contributed by atoms with Crippen LogP contribution >= 0.6 is 0 Å². The van der Waals surface area contributed by atoms with Gasteiger partial charge in [0.2, 0.25) is 0 Å². The first-order valence-electron chi connectivity index (χ1n) is 7.14.